The molecule has 10 nitrogen and oxygen atoms in total. The minimum atomic E-state index is -0.309. The zero-order valence-electron chi connectivity index (χ0n) is 25.1. The van der Waals surface area contributed by atoms with E-state index in [0.29, 0.717) is 41.4 Å². The average Bonchev–Trinajstić information content (AvgIpc) is 3.57. The van der Waals surface area contributed by atoms with E-state index in [2.05, 4.69) is 33.8 Å². The highest BCUT2D eigenvalue weighted by Crippen LogP contribution is 2.40. The van der Waals surface area contributed by atoms with E-state index < -0.39 is 0 Å². The maximum atomic E-state index is 13.8. The lowest BCUT2D eigenvalue weighted by Crippen LogP contribution is -2.41. The Morgan fingerprint density at radius 3 is 2.65 bits per heavy atom. The Bertz CT molecular complexity index is 2010. The molecule has 1 aromatic carbocycles. The van der Waals surface area contributed by atoms with Crippen LogP contribution in [0, 0.1) is 12.3 Å². The number of pyridine rings is 2. The average molecular weight is 578 g/mol. The van der Waals surface area contributed by atoms with Crippen LogP contribution in [0.3, 0.4) is 0 Å². The number of benzene rings is 1. The molecule has 7 rings (SSSR count). The van der Waals surface area contributed by atoms with Gasteiger partial charge in [-0.05, 0) is 72.7 Å². The van der Waals surface area contributed by atoms with Crippen LogP contribution in [0.2, 0.25) is 0 Å². The lowest BCUT2D eigenvalue weighted by Gasteiger charge is -2.31. The van der Waals surface area contributed by atoms with Gasteiger partial charge in [0.1, 0.15) is 17.2 Å². The van der Waals surface area contributed by atoms with Gasteiger partial charge in [0.05, 0.1) is 17.8 Å². The van der Waals surface area contributed by atoms with Gasteiger partial charge in [-0.15, -0.1) is 0 Å². The number of hydrogen-bond acceptors (Lipinski definition) is 6. The normalized spacial score (nSPS) is 15.7. The number of aromatic nitrogens is 5. The minimum absolute atomic E-state index is 0.110. The van der Waals surface area contributed by atoms with Crippen molar-refractivity contribution in [2.45, 2.75) is 46.8 Å². The maximum absolute atomic E-state index is 13.8. The van der Waals surface area contributed by atoms with Gasteiger partial charge in [-0.2, -0.15) is 5.10 Å². The molecule has 0 fully saturated rings. The van der Waals surface area contributed by atoms with E-state index in [1.807, 2.05) is 49.0 Å². The monoisotopic (exact) mass is 577 g/mol. The first kappa shape index (κ1) is 27.2. The van der Waals surface area contributed by atoms with Crippen molar-refractivity contribution in [2.24, 2.45) is 19.5 Å². The Hall–Kier alpha value is -4.70. The number of aliphatic hydroxyl groups excluding tert-OH is 1. The molecule has 1 aliphatic carbocycles. The number of anilines is 3. The molecule has 5 heterocycles. The van der Waals surface area contributed by atoms with Gasteiger partial charge < -0.3 is 19.6 Å². The van der Waals surface area contributed by atoms with Crippen molar-refractivity contribution >= 4 is 34.0 Å². The van der Waals surface area contributed by atoms with Crippen molar-refractivity contribution in [3.05, 3.63) is 87.4 Å². The van der Waals surface area contributed by atoms with Crippen LogP contribution < -0.4 is 15.8 Å². The quantitative estimate of drug-likeness (QED) is 0.319. The first-order valence-electron chi connectivity index (χ1n) is 14.6. The number of amides is 1. The first-order chi connectivity index (χ1) is 20.5. The molecular weight excluding hydrogens is 542 g/mol. The summed E-state index contributed by atoms with van der Waals surface area (Å²) in [5.41, 5.74) is 8.28. The summed E-state index contributed by atoms with van der Waals surface area (Å²) in [6.45, 7) is 7.32. The Morgan fingerprint density at radius 2 is 1.86 bits per heavy atom. The van der Waals surface area contributed by atoms with E-state index in [-0.39, 0.29) is 23.5 Å². The summed E-state index contributed by atoms with van der Waals surface area (Å²) >= 11 is 0. The molecule has 0 bridgehead atoms. The van der Waals surface area contributed by atoms with Gasteiger partial charge in [0.25, 0.3) is 11.5 Å². The van der Waals surface area contributed by atoms with Gasteiger partial charge in [-0.25, -0.2) is 4.98 Å². The number of carbonyl (C=O) groups excluding carboxylic acids is 1. The molecule has 0 spiro atoms. The molecule has 4 aromatic heterocycles. The zero-order chi connectivity index (χ0) is 30.2. The maximum Gasteiger partial charge on any atom is 0.276 e. The smallest absolute Gasteiger partial charge is 0.276 e. The SMILES string of the molecule is Cc1nn(C)c2ccc(Nc3cc(-c4ccnc(N5CCn6c(cc7c6CC(C)(C)C7)C5=O)c4CO)cn(C)c3=O)cc12. The van der Waals surface area contributed by atoms with Crippen LogP contribution in [-0.4, -0.2) is 41.5 Å². The van der Waals surface area contributed by atoms with Crippen molar-refractivity contribution in [3.63, 3.8) is 0 Å². The number of carbonyl (C=O) groups is 1. The van der Waals surface area contributed by atoms with Crippen LogP contribution in [0.15, 0.2) is 53.6 Å². The standard InChI is InChI=1S/C33H35N7O3/c1-19-24-14-22(6-7-27(24)38(5)36-19)35-26-12-21(17-37(4)31(26)42)23-8-9-34-30(25(23)18-41)40-11-10-39-28(32(40)43)13-20-15-33(2,3)16-29(20)39/h6-9,12-14,17,35,41H,10-11,15-16,18H2,1-5H3. The summed E-state index contributed by atoms with van der Waals surface area (Å²) in [4.78, 5) is 33.2. The van der Waals surface area contributed by atoms with Crippen LogP contribution in [0.1, 0.15) is 46.9 Å². The second kappa shape index (κ2) is 9.67. The van der Waals surface area contributed by atoms with Crippen molar-refractivity contribution in [2.75, 3.05) is 16.8 Å². The molecule has 2 N–H and O–H groups in total. The number of aliphatic hydroxyl groups is 1. The molecule has 43 heavy (non-hydrogen) atoms. The number of hydrogen-bond donors (Lipinski definition) is 2. The van der Waals surface area contributed by atoms with Gasteiger partial charge in [0, 0.05) is 67.5 Å². The highest BCUT2D eigenvalue weighted by molar-refractivity contribution is 6.06. The van der Waals surface area contributed by atoms with Crippen LogP contribution in [0.25, 0.3) is 22.0 Å². The van der Waals surface area contributed by atoms with Gasteiger partial charge in [0.15, 0.2) is 0 Å². The third-order valence-electron chi connectivity index (χ3n) is 8.88. The minimum Gasteiger partial charge on any atom is -0.392 e. The van der Waals surface area contributed by atoms with Crippen molar-refractivity contribution in [3.8, 4) is 11.1 Å². The second-order valence-electron chi connectivity index (χ2n) is 12.6. The molecule has 1 aliphatic heterocycles. The van der Waals surface area contributed by atoms with E-state index in [4.69, 9.17) is 0 Å². The zero-order valence-corrected chi connectivity index (χ0v) is 25.1. The van der Waals surface area contributed by atoms with Crippen molar-refractivity contribution in [1.29, 1.82) is 0 Å². The van der Waals surface area contributed by atoms with E-state index in [1.54, 1.807) is 30.4 Å². The highest BCUT2D eigenvalue weighted by atomic mass is 16.3. The summed E-state index contributed by atoms with van der Waals surface area (Å²) in [6, 6.07) is 11.5. The van der Waals surface area contributed by atoms with Gasteiger partial charge in [-0.3, -0.25) is 19.2 Å². The fraction of sp³-hybridized carbons (Fsp3) is 0.333. The molecule has 1 amide bonds. The topological polar surface area (TPSA) is 110 Å². The Kier molecular flexibility index (Phi) is 6.10. The van der Waals surface area contributed by atoms with E-state index >= 15 is 0 Å². The second-order valence-corrected chi connectivity index (χ2v) is 12.6. The molecular formula is C33H35N7O3. The number of nitrogens with zero attached hydrogens (tertiary/aromatic N) is 6. The van der Waals surface area contributed by atoms with E-state index in [0.717, 1.165) is 40.7 Å². The van der Waals surface area contributed by atoms with Crippen LogP contribution in [-0.2, 0) is 40.1 Å². The van der Waals surface area contributed by atoms with Gasteiger partial charge >= 0.3 is 0 Å². The van der Waals surface area contributed by atoms with Crippen LogP contribution in [0.4, 0.5) is 17.2 Å². The van der Waals surface area contributed by atoms with E-state index in [9.17, 15) is 14.7 Å². The highest BCUT2D eigenvalue weighted by Gasteiger charge is 2.37. The summed E-state index contributed by atoms with van der Waals surface area (Å²) in [5, 5.41) is 19.4. The lowest BCUT2D eigenvalue weighted by molar-refractivity contribution is 0.0962. The number of nitrogens with one attached hydrogen (secondary N) is 1. The molecule has 0 saturated heterocycles. The van der Waals surface area contributed by atoms with Crippen LogP contribution >= 0.6 is 0 Å². The Balaban J connectivity index is 1.25. The molecule has 10 heteroatoms. The summed E-state index contributed by atoms with van der Waals surface area (Å²) < 4.78 is 5.53. The molecule has 0 radical (unpaired) electrons. The predicted molar refractivity (Wildman–Crippen MR) is 167 cm³/mol. The molecule has 2 aliphatic rings. The third kappa shape index (κ3) is 4.36. The van der Waals surface area contributed by atoms with Crippen molar-refractivity contribution in [1.82, 2.24) is 23.9 Å². The number of aryl methyl sites for hydroxylation is 3. The fourth-order valence-corrected chi connectivity index (χ4v) is 6.88. The Morgan fingerprint density at radius 1 is 1.05 bits per heavy atom. The molecule has 220 valence electrons. The number of fused-ring (bicyclic) bond motifs is 4. The van der Waals surface area contributed by atoms with Crippen LogP contribution in [0.5, 0.6) is 0 Å². The number of rotatable bonds is 5. The largest absolute Gasteiger partial charge is 0.392 e. The van der Waals surface area contributed by atoms with Crippen molar-refractivity contribution < 1.29 is 9.90 Å². The van der Waals surface area contributed by atoms with Gasteiger partial charge in [0.2, 0.25) is 0 Å². The third-order valence-corrected chi connectivity index (χ3v) is 8.88. The lowest BCUT2D eigenvalue weighted by atomic mass is 9.90. The fourth-order valence-electron chi connectivity index (χ4n) is 6.88. The molecule has 0 atom stereocenters. The molecule has 0 saturated carbocycles. The molecule has 0 unspecified atom stereocenters. The van der Waals surface area contributed by atoms with E-state index in [1.165, 1.54) is 15.8 Å². The Labute approximate surface area is 249 Å². The first-order valence-corrected chi connectivity index (χ1v) is 14.6. The summed E-state index contributed by atoms with van der Waals surface area (Å²) in [7, 11) is 3.61. The molecule has 5 aromatic rings. The summed E-state index contributed by atoms with van der Waals surface area (Å²) in [5.74, 6) is 0.334. The summed E-state index contributed by atoms with van der Waals surface area (Å²) in [6.07, 6.45) is 5.33. The predicted octanol–water partition coefficient (Wildman–Crippen LogP) is 4.47. The van der Waals surface area contributed by atoms with Gasteiger partial charge in [-0.1, -0.05) is 13.8 Å².